The maximum Gasteiger partial charge on any atom is 0.0950 e. The van der Waals surface area contributed by atoms with Crippen LogP contribution in [-0.4, -0.2) is 8.07 Å². The predicted molar refractivity (Wildman–Crippen MR) is 216 cm³/mol. The third-order valence-electron chi connectivity index (χ3n) is 12.6. The van der Waals surface area contributed by atoms with Crippen molar-refractivity contribution in [3.63, 3.8) is 0 Å². The average molecular weight is 647 g/mol. The van der Waals surface area contributed by atoms with Crippen LogP contribution in [0.25, 0.3) is 54.6 Å². The first-order valence-electron chi connectivity index (χ1n) is 18.4. The third kappa shape index (κ3) is 4.83. The van der Waals surface area contributed by atoms with Crippen molar-refractivity contribution in [2.75, 3.05) is 0 Å². The van der Waals surface area contributed by atoms with Crippen molar-refractivity contribution in [1.82, 2.24) is 0 Å². The lowest BCUT2D eigenvalue weighted by molar-refractivity contribution is 0.332. The lowest BCUT2D eigenvalue weighted by atomic mass is 9.63. The van der Waals surface area contributed by atoms with E-state index in [1.54, 1.807) is 5.19 Å². The summed E-state index contributed by atoms with van der Waals surface area (Å²) in [5.74, 6) is 0. The molecule has 0 radical (unpaired) electrons. The number of rotatable bonds is 6. The Balaban J connectivity index is 1.56. The van der Waals surface area contributed by atoms with Gasteiger partial charge in [-0.25, -0.2) is 0 Å². The van der Waals surface area contributed by atoms with E-state index in [4.69, 9.17) is 0 Å². The van der Waals surface area contributed by atoms with Gasteiger partial charge in [-0.2, -0.15) is 0 Å². The molecule has 0 aromatic heterocycles. The van der Waals surface area contributed by atoms with Gasteiger partial charge in [0.25, 0.3) is 0 Å². The minimum Gasteiger partial charge on any atom is -0.0648 e. The first-order chi connectivity index (χ1) is 22.8. The lowest BCUT2D eigenvalue weighted by Crippen LogP contribution is -2.55. The monoisotopic (exact) mass is 646 g/mol. The largest absolute Gasteiger partial charge is 0.0950 e. The summed E-state index contributed by atoms with van der Waals surface area (Å²) in [4.78, 5) is 0. The van der Waals surface area contributed by atoms with Crippen LogP contribution in [0, 0.1) is 0 Å². The summed E-state index contributed by atoms with van der Waals surface area (Å²) in [5.41, 5.74) is 10.8. The van der Waals surface area contributed by atoms with E-state index in [1.165, 1.54) is 78.5 Å². The Morgan fingerprint density at radius 1 is 0.458 bits per heavy atom. The quantitative estimate of drug-likeness (QED) is 0.125. The van der Waals surface area contributed by atoms with Crippen molar-refractivity contribution in [3.8, 4) is 22.3 Å². The van der Waals surface area contributed by atoms with Crippen molar-refractivity contribution < 1.29 is 0 Å². The highest BCUT2D eigenvalue weighted by Crippen LogP contribution is 2.50. The van der Waals surface area contributed by atoms with Gasteiger partial charge in [0.2, 0.25) is 0 Å². The van der Waals surface area contributed by atoms with Crippen LogP contribution in [0.4, 0.5) is 0 Å². The summed E-state index contributed by atoms with van der Waals surface area (Å²) in [6.45, 7) is 24.6. The van der Waals surface area contributed by atoms with E-state index in [1.807, 2.05) is 0 Å². The fraction of sp³-hybridized carbons (Fsp3) is 0.362. The van der Waals surface area contributed by atoms with E-state index < -0.39 is 8.07 Å². The number of hydrogen-bond donors (Lipinski definition) is 0. The number of hydrogen-bond acceptors (Lipinski definition) is 0. The Morgan fingerprint density at radius 3 is 1.40 bits per heavy atom. The number of fused-ring (bicyclic) bond motifs is 4. The SMILES string of the molecule is CC(C)[Si](c1ccc(-c2c3ccccc3c(-c3ccc4c(c3)C(C)(C)CCC4(C)C)c3ccccc23)c2ccccc12)(C(C)C)C(C)C. The molecule has 7 rings (SSSR count). The van der Waals surface area contributed by atoms with Crippen molar-refractivity contribution in [1.29, 1.82) is 0 Å². The third-order valence-corrected chi connectivity index (χ3v) is 19.7. The van der Waals surface area contributed by atoms with Crippen molar-refractivity contribution in [2.24, 2.45) is 0 Å². The second-order valence-corrected chi connectivity index (χ2v) is 22.8. The standard InChI is InChI=1S/C47H54Si/c1-30(2)48(31(3)4,32(5)6)43-26-24-40(34-17-11-12-18-35(34)43)45-38-21-15-13-19-36(38)44(37-20-14-16-22-39(37)45)33-23-25-41-42(29-33)47(9,10)28-27-46(41,7)8/h11-26,29-32H,27-28H2,1-10H3. The van der Waals surface area contributed by atoms with E-state index in [-0.39, 0.29) is 10.8 Å². The minimum atomic E-state index is -1.89. The summed E-state index contributed by atoms with van der Waals surface area (Å²) in [6, 6.07) is 40.1. The van der Waals surface area contributed by atoms with Gasteiger partial charge < -0.3 is 0 Å². The van der Waals surface area contributed by atoms with Crippen LogP contribution < -0.4 is 5.19 Å². The van der Waals surface area contributed by atoms with Gasteiger partial charge in [-0.3, -0.25) is 0 Å². The molecule has 0 nitrogen and oxygen atoms in total. The maximum atomic E-state index is 2.55. The van der Waals surface area contributed by atoms with Crippen molar-refractivity contribution in [2.45, 2.75) is 110 Å². The molecular formula is C47H54Si. The molecule has 48 heavy (non-hydrogen) atoms. The highest BCUT2D eigenvalue weighted by Gasteiger charge is 2.45. The molecule has 0 amide bonds. The first-order valence-corrected chi connectivity index (χ1v) is 20.7. The van der Waals surface area contributed by atoms with Gasteiger partial charge in [0, 0.05) is 0 Å². The molecule has 0 spiro atoms. The van der Waals surface area contributed by atoms with Gasteiger partial charge in [-0.1, -0.05) is 178 Å². The fourth-order valence-electron chi connectivity index (χ4n) is 10.3. The highest BCUT2D eigenvalue weighted by atomic mass is 28.3. The molecule has 0 heterocycles. The predicted octanol–water partition coefficient (Wildman–Crippen LogP) is 13.7. The van der Waals surface area contributed by atoms with Crippen LogP contribution in [0.1, 0.15) is 93.2 Å². The molecule has 0 unspecified atom stereocenters. The molecule has 0 atom stereocenters. The molecule has 0 aliphatic heterocycles. The highest BCUT2D eigenvalue weighted by molar-refractivity contribution is 6.96. The van der Waals surface area contributed by atoms with E-state index in [2.05, 4.69) is 172 Å². The van der Waals surface area contributed by atoms with Gasteiger partial charge in [0.1, 0.15) is 0 Å². The summed E-state index contributed by atoms with van der Waals surface area (Å²) in [6.07, 6.45) is 2.45. The molecule has 1 aliphatic rings. The molecular weight excluding hydrogens is 593 g/mol. The molecule has 0 N–H and O–H groups in total. The van der Waals surface area contributed by atoms with E-state index in [0.29, 0.717) is 16.6 Å². The van der Waals surface area contributed by atoms with E-state index in [9.17, 15) is 0 Å². The molecule has 246 valence electrons. The Bertz CT molecular complexity index is 2100. The normalized spacial score (nSPS) is 16.0. The van der Waals surface area contributed by atoms with Gasteiger partial charge in [0.05, 0.1) is 8.07 Å². The Kier molecular flexibility index (Phi) is 8.03. The molecule has 0 fully saturated rings. The zero-order chi connectivity index (χ0) is 34.2. The number of benzene rings is 6. The lowest BCUT2D eigenvalue weighted by Gasteiger charge is -2.44. The second kappa shape index (κ2) is 11.7. The average Bonchev–Trinajstić information content (AvgIpc) is 3.05. The van der Waals surface area contributed by atoms with E-state index >= 15 is 0 Å². The summed E-state index contributed by atoms with van der Waals surface area (Å²) < 4.78 is 0. The molecule has 0 saturated heterocycles. The molecule has 1 heteroatoms. The molecule has 1 aliphatic carbocycles. The van der Waals surface area contributed by atoms with Crippen molar-refractivity contribution in [3.05, 3.63) is 114 Å². The zero-order valence-corrected chi connectivity index (χ0v) is 32.0. The van der Waals surface area contributed by atoms with E-state index in [0.717, 1.165) is 0 Å². The fourth-order valence-corrected chi connectivity index (χ4v) is 17.2. The topological polar surface area (TPSA) is 0 Å². The minimum absolute atomic E-state index is 0.160. The zero-order valence-electron chi connectivity index (χ0n) is 31.0. The van der Waals surface area contributed by atoms with Crippen molar-refractivity contribution >= 4 is 45.6 Å². The van der Waals surface area contributed by atoms with Crippen LogP contribution >= 0.6 is 0 Å². The first kappa shape index (κ1) is 32.8. The molecule has 6 aromatic carbocycles. The summed E-state index contributed by atoms with van der Waals surface area (Å²) >= 11 is 0. The second-order valence-electron chi connectivity index (χ2n) is 17.0. The van der Waals surface area contributed by atoms with Gasteiger partial charge in [-0.05, 0) is 106 Å². The van der Waals surface area contributed by atoms with Crippen LogP contribution in [-0.2, 0) is 10.8 Å². The Labute approximate surface area is 290 Å². The summed E-state index contributed by atoms with van der Waals surface area (Å²) in [7, 11) is -1.89. The van der Waals surface area contributed by atoms with Crippen LogP contribution in [0.15, 0.2) is 103 Å². The van der Waals surface area contributed by atoms with Crippen LogP contribution in [0.3, 0.4) is 0 Å². The Hall–Kier alpha value is -3.68. The van der Waals surface area contributed by atoms with Crippen LogP contribution in [0.2, 0.25) is 16.6 Å². The smallest absolute Gasteiger partial charge is 0.0648 e. The van der Waals surface area contributed by atoms with Gasteiger partial charge in [-0.15, -0.1) is 0 Å². The van der Waals surface area contributed by atoms with Crippen LogP contribution in [0.5, 0.6) is 0 Å². The Morgan fingerprint density at radius 2 is 0.896 bits per heavy atom. The van der Waals surface area contributed by atoms with Gasteiger partial charge >= 0.3 is 0 Å². The summed E-state index contributed by atoms with van der Waals surface area (Å²) in [5, 5.41) is 9.81. The molecule has 0 saturated carbocycles. The van der Waals surface area contributed by atoms with Gasteiger partial charge in [0.15, 0.2) is 0 Å². The molecule has 6 aromatic rings. The maximum absolute atomic E-state index is 2.55. The molecule has 0 bridgehead atoms.